The SMILES string of the molecule is CC[C@H](C)c1ccc(OCCOc2c(Br)cc(/C=N\NC(=O)Nc3ccccc3)cc2OC)cc1. The van der Waals surface area contributed by atoms with E-state index in [9.17, 15) is 4.79 Å². The number of halogens is 1. The lowest BCUT2D eigenvalue weighted by molar-refractivity contribution is 0.210. The molecule has 0 fully saturated rings. The molecule has 0 unspecified atom stereocenters. The number of hydrogen-bond donors (Lipinski definition) is 2. The Morgan fingerprint density at radius 2 is 1.77 bits per heavy atom. The van der Waals surface area contributed by atoms with Crippen molar-refractivity contribution >= 4 is 33.9 Å². The normalized spacial score (nSPS) is 11.7. The minimum absolute atomic E-state index is 0.344. The molecule has 0 aliphatic heterocycles. The van der Waals surface area contributed by atoms with Gasteiger partial charge >= 0.3 is 6.03 Å². The first-order valence-electron chi connectivity index (χ1n) is 11.4. The van der Waals surface area contributed by atoms with Crippen molar-refractivity contribution in [2.24, 2.45) is 5.10 Å². The number of nitrogens with zero attached hydrogens (tertiary/aromatic N) is 1. The molecule has 0 bridgehead atoms. The van der Waals surface area contributed by atoms with E-state index in [0.717, 1.165) is 17.7 Å². The van der Waals surface area contributed by atoms with Gasteiger partial charge in [0, 0.05) is 5.69 Å². The molecule has 3 rings (SSSR count). The summed E-state index contributed by atoms with van der Waals surface area (Å²) in [4.78, 5) is 12.0. The van der Waals surface area contributed by atoms with E-state index in [4.69, 9.17) is 14.2 Å². The van der Waals surface area contributed by atoms with E-state index >= 15 is 0 Å². The standard InChI is InChI=1S/C27H30BrN3O4/c1-4-19(2)21-10-12-23(13-11-21)34-14-15-35-26-24(28)16-20(17-25(26)33-3)18-29-31-27(32)30-22-8-6-5-7-9-22/h5-13,16-19H,4,14-15H2,1-3H3,(H2,30,31,32)/b29-18-/t19-/m0/s1. The average Bonchev–Trinajstić information content (AvgIpc) is 2.87. The Labute approximate surface area is 214 Å². The van der Waals surface area contributed by atoms with Crippen LogP contribution in [0.15, 0.2) is 76.3 Å². The number of para-hydroxylation sites is 1. The maximum absolute atomic E-state index is 12.0. The van der Waals surface area contributed by atoms with Crippen molar-refractivity contribution in [3.63, 3.8) is 0 Å². The monoisotopic (exact) mass is 539 g/mol. The predicted octanol–water partition coefficient (Wildman–Crippen LogP) is 6.58. The Morgan fingerprint density at radius 3 is 2.46 bits per heavy atom. The molecule has 7 nitrogen and oxygen atoms in total. The molecule has 2 amide bonds. The molecular weight excluding hydrogens is 510 g/mol. The van der Waals surface area contributed by atoms with Gasteiger partial charge in [0.2, 0.25) is 0 Å². The van der Waals surface area contributed by atoms with Gasteiger partial charge in [-0.25, -0.2) is 10.2 Å². The molecule has 2 N–H and O–H groups in total. The highest BCUT2D eigenvalue weighted by atomic mass is 79.9. The summed E-state index contributed by atoms with van der Waals surface area (Å²) in [5.41, 5.74) is 5.14. The quantitative estimate of drug-likeness (QED) is 0.164. The lowest BCUT2D eigenvalue weighted by atomic mass is 9.99. The van der Waals surface area contributed by atoms with Gasteiger partial charge in [0.1, 0.15) is 19.0 Å². The van der Waals surface area contributed by atoms with Crippen molar-refractivity contribution in [2.45, 2.75) is 26.2 Å². The summed E-state index contributed by atoms with van der Waals surface area (Å²) in [7, 11) is 1.57. The third kappa shape index (κ3) is 8.03. The van der Waals surface area contributed by atoms with Crippen LogP contribution in [-0.4, -0.2) is 32.6 Å². The number of anilines is 1. The van der Waals surface area contributed by atoms with Crippen molar-refractivity contribution in [3.05, 3.63) is 82.3 Å². The van der Waals surface area contributed by atoms with Crippen molar-refractivity contribution in [2.75, 3.05) is 25.6 Å². The van der Waals surface area contributed by atoms with E-state index in [-0.39, 0.29) is 0 Å². The summed E-state index contributed by atoms with van der Waals surface area (Å²) in [6.07, 6.45) is 2.63. The Morgan fingerprint density at radius 1 is 1.06 bits per heavy atom. The molecule has 0 saturated heterocycles. The van der Waals surface area contributed by atoms with Crippen molar-refractivity contribution in [3.8, 4) is 17.2 Å². The second kappa shape index (κ2) is 13.4. The van der Waals surface area contributed by atoms with Gasteiger partial charge in [-0.2, -0.15) is 5.10 Å². The number of nitrogens with one attached hydrogen (secondary N) is 2. The van der Waals surface area contributed by atoms with Crippen molar-refractivity contribution in [1.29, 1.82) is 0 Å². The lowest BCUT2D eigenvalue weighted by Gasteiger charge is -2.14. The first-order valence-corrected chi connectivity index (χ1v) is 12.2. The van der Waals surface area contributed by atoms with Gasteiger partial charge in [-0.1, -0.05) is 44.2 Å². The Balaban J connectivity index is 1.51. The van der Waals surface area contributed by atoms with Crippen LogP contribution in [0.2, 0.25) is 0 Å². The minimum atomic E-state index is -0.437. The molecule has 0 aliphatic carbocycles. The predicted molar refractivity (Wildman–Crippen MR) is 143 cm³/mol. The van der Waals surface area contributed by atoms with Gasteiger partial charge in [-0.05, 0) is 75.8 Å². The first kappa shape index (κ1) is 26.1. The van der Waals surface area contributed by atoms with Crippen LogP contribution in [0, 0.1) is 0 Å². The first-order chi connectivity index (χ1) is 17.0. The van der Waals surface area contributed by atoms with E-state index in [2.05, 4.69) is 57.8 Å². The highest BCUT2D eigenvalue weighted by Crippen LogP contribution is 2.36. The van der Waals surface area contributed by atoms with Gasteiger partial charge in [-0.15, -0.1) is 0 Å². The maximum Gasteiger partial charge on any atom is 0.339 e. The molecule has 3 aromatic rings. The maximum atomic E-state index is 12.0. The number of hydrazone groups is 1. The number of benzene rings is 3. The molecule has 0 aliphatic rings. The molecule has 35 heavy (non-hydrogen) atoms. The molecule has 1 atom stereocenters. The highest BCUT2D eigenvalue weighted by Gasteiger charge is 2.12. The molecule has 0 heterocycles. The van der Waals surface area contributed by atoms with Gasteiger partial charge < -0.3 is 19.5 Å². The number of hydrogen-bond acceptors (Lipinski definition) is 5. The molecule has 0 saturated carbocycles. The fourth-order valence-corrected chi connectivity index (χ4v) is 3.81. The van der Waals surface area contributed by atoms with Crippen LogP contribution in [-0.2, 0) is 0 Å². The zero-order chi connectivity index (χ0) is 25.0. The number of amides is 2. The fourth-order valence-electron chi connectivity index (χ4n) is 3.23. The molecule has 8 heteroatoms. The number of carbonyl (C=O) groups excluding carboxylic acids is 1. The Kier molecular flexibility index (Phi) is 9.98. The summed E-state index contributed by atoms with van der Waals surface area (Å²) < 4.78 is 17.9. The van der Waals surface area contributed by atoms with Crippen LogP contribution in [0.5, 0.6) is 17.2 Å². The van der Waals surface area contributed by atoms with Crippen LogP contribution >= 0.6 is 15.9 Å². The van der Waals surface area contributed by atoms with E-state index in [0.29, 0.717) is 40.8 Å². The number of carbonyl (C=O) groups is 1. The summed E-state index contributed by atoms with van der Waals surface area (Å²) in [6.45, 7) is 5.13. The van der Waals surface area contributed by atoms with E-state index in [1.807, 2.05) is 36.4 Å². The Hall–Kier alpha value is -3.52. The second-order valence-corrected chi connectivity index (χ2v) is 8.65. The summed E-state index contributed by atoms with van der Waals surface area (Å²) in [5.74, 6) is 2.44. The highest BCUT2D eigenvalue weighted by molar-refractivity contribution is 9.10. The number of methoxy groups -OCH3 is 1. The zero-order valence-electron chi connectivity index (χ0n) is 20.1. The smallest absolute Gasteiger partial charge is 0.339 e. The number of rotatable bonds is 11. The summed E-state index contributed by atoms with van der Waals surface area (Å²) in [6, 6.07) is 20.5. The average molecular weight is 540 g/mol. The second-order valence-electron chi connectivity index (χ2n) is 7.80. The van der Waals surface area contributed by atoms with Gasteiger partial charge in [0.15, 0.2) is 11.5 Å². The minimum Gasteiger partial charge on any atom is -0.493 e. The van der Waals surface area contributed by atoms with E-state index in [1.165, 1.54) is 11.8 Å². The van der Waals surface area contributed by atoms with E-state index < -0.39 is 6.03 Å². The largest absolute Gasteiger partial charge is 0.493 e. The molecule has 184 valence electrons. The molecule has 0 radical (unpaired) electrons. The Bertz CT molecular complexity index is 1120. The van der Waals surface area contributed by atoms with Crippen LogP contribution in [0.1, 0.15) is 37.3 Å². The van der Waals surface area contributed by atoms with Crippen LogP contribution in [0.3, 0.4) is 0 Å². The van der Waals surface area contributed by atoms with Gasteiger partial charge in [0.25, 0.3) is 0 Å². The zero-order valence-corrected chi connectivity index (χ0v) is 21.7. The summed E-state index contributed by atoms with van der Waals surface area (Å²) >= 11 is 3.52. The topological polar surface area (TPSA) is 81.2 Å². The molecule has 3 aromatic carbocycles. The van der Waals surface area contributed by atoms with Crippen LogP contribution in [0.25, 0.3) is 0 Å². The lowest BCUT2D eigenvalue weighted by Crippen LogP contribution is -2.24. The number of ether oxygens (including phenoxy) is 3. The summed E-state index contributed by atoms with van der Waals surface area (Å²) in [5, 5.41) is 6.68. The third-order valence-electron chi connectivity index (χ3n) is 5.32. The number of urea groups is 1. The fraction of sp³-hybridized carbons (Fsp3) is 0.259. The third-order valence-corrected chi connectivity index (χ3v) is 5.91. The van der Waals surface area contributed by atoms with Crippen LogP contribution in [0.4, 0.5) is 10.5 Å². The van der Waals surface area contributed by atoms with Crippen molar-refractivity contribution < 1.29 is 19.0 Å². The molecule has 0 spiro atoms. The van der Waals surface area contributed by atoms with Gasteiger partial charge in [-0.3, -0.25) is 0 Å². The van der Waals surface area contributed by atoms with Crippen molar-refractivity contribution in [1.82, 2.24) is 5.43 Å². The molecule has 0 aromatic heterocycles. The van der Waals surface area contributed by atoms with Gasteiger partial charge in [0.05, 0.1) is 17.8 Å². The van der Waals surface area contributed by atoms with Crippen LogP contribution < -0.4 is 25.0 Å². The molecular formula is C27H30BrN3O4. The van der Waals surface area contributed by atoms with E-state index in [1.54, 1.807) is 25.3 Å².